The zero-order valence-corrected chi connectivity index (χ0v) is 11.5. The molecule has 0 aliphatic rings. The Hall–Kier alpha value is -2.13. The van der Waals surface area contributed by atoms with Gasteiger partial charge in [-0.3, -0.25) is 4.79 Å². The van der Waals surface area contributed by atoms with Gasteiger partial charge in [-0.05, 0) is 36.8 Å². The van der Waals surface area contributed by atoms with Crippen LogP contribution in [0.25, 0.3) is 10.9 Å². The predicted octanol–water partition coefficient (Wildman–Crippen LogP) is 4.50. The van der Waals surface area contributed by atoms with Crippen LogP contribution in [-0.4, -0.2) is 10.8 Å². The smallest absolute Gasteiger partial charge is 0.195 e. The number of rotatable bonds is 2. The fourth-order valence-corrected chi connectivity index (χ4v) is 2.48. The van der Waals surface area contributed by atoms with Crippen molar-refractivity contribution in [2.75, 3.05) is 0 Å². The maximum atomic E-state index is 13.9. The molecule has 0 spiro atoms. The van der Waals surface area contributed by atoms with Crippen molar-refractivity contribution in [3.63, 3.8) is 0 Å². The van der Waals surface area contributed by atoms with Gasteiger partial charge in [-0.25, -0.2) is 4.39 Å². The Morgan fingerprint density at radius 2 is 2.00 bits per heavy atom. The Kier molecular flexibility index (Phi) is 3.07. The molecule has 0 aliphatic carbocycles. The molecule has 4 heteroatoms. The molecule has 0 unspecified atom stereocenters. The fourth-order valence-electron chi connectivity index (χ4n) is 2.30. The molecule has 100 valence electrons. The van der Waals surface area contributed by atoms with Crippen LogP contribution in [0, 0.1) is 12.7 Å². The Balaban J connectivity index is 2.21. The number of fused-ring (bicyclic) bond motifs is 1. The third-order valence-corrected chi connectivity index (χ3v) is 3.58. The summed E-state index contributed by atoms with van der Waals surface area (Å²) in [6.45, 7) is 1.83. The lowest BCUT2D eigenvalue weighted by Crippen LogP contribution is -2.03. The van der Waals surface area contributed by atoms with Crippen LogP contribution in [0.15, 0.2) is 42.6 Å². The van der Waals surface area contributed by atoms with Crippen LogP contribution in [0.3, 0.4) is 0 Å². The molecule has 0 radical (unpaired) electrons. The molecule has 2 nitrogen and oxygen atoms in total. The number of hydrogen-bond donors (Lipinski definition) is 1. The van der Waals surface area contributed by atoms with Gasteiger partial charge in [0.25, 0.3) is 0 Å². The predicted molar refractivity (Wildman–Crippen MR) is 77.9 cm³/mol. The number of nitrogens with one attached hydrogen (secondary N) is 1. The first-order valence-electron chi connectivity index (χ1n) is 6.14. The minimum atomic E-state index is -0.410. The van der Waals surface area contributed by atoms with Gasteiger partial charge in [-0.15, -0.1) is 0 Å². The average molecular weight is 288 g/mol. The van der Waals surface area contributed by atoms with E-state index in [1.165, 1.54) is 12.3 Å². The van der Waals surface area contributed by atoms with Gasteiger partial charge in [0.1, 0.15) is 5.82 Å². The van der Waals surface area contributed by atoms with Crippen LogP contribution < -0.4 is 0 Å². The lowest BCUT2D eigenvalue weighted by molar-refractivity contribution is 0.103. The number of carbonyl (C=O) groups excluding carboxylic acids is 1. The van der Waals surface area contributed by atoms with Gasteiger partial charge >= 0.3 is 0 Å². The summed E-state index contributed by atoms with van der Waals surface area (Å²) in [6, 6.07) is 9.80. The molecule has 3 aromatic rings. The quantitative estimate of drug-likeness (QED) is 0.692. The number of aromatic amines is 1. The first-order chi connectivity index (χ1) is 9.58. The van der Waals surface area contributed by atoms with Crippen LogP contribution in [0.5, 0.6) is 0 Å². The highest BCUT2D eigenvalue weighted by atomic mass is 35.5. The number of ketones is 1. The van der Waals surface area contributed by atoms with Crippen molar-refractivity contribution in [3.8, 4) is 0 Å². The first kappa shape index (κ1) is 12.9. The van der Waals surface area contributed by atoms with E-state index >= 15 is 0 Å². The van der Waals surface area contributed by atoms with E-state index in [1.54, 1.807) is 30.3 Å². The summed E-state index contributed by atoms with van der Waals surface area (Å²) in [5.74, 6) is -0.645. The van der Waals surface area contributed by atoms with E-state index in [-0.39, 0.29) is 5.78 Å². The Morgan fingerprint density at radius 1 is 1.20 bits per heavy atom. The van der Waals surface area contributed by atoms with E-state index in [0.29, 0.717) is 27.1 Å². The van der Waals surface area contributed by atoms with Crippen molar-refractivity contribution in [3.05, 3.63) is 70.1 Å². The highest BCUT2D eigenvalue weighted by Gasteiger charge is 2.18. The molecular formula is C16H11ClFNO. The second-order valence-electron chi connectivity index (χ2n) is 4.65. The molecule has 1 heterocycles. The van der Waals surface area contributed by atoms with Crippen LogP contribution in [-0.2, 0) is 0 Å². The number of carbonyl (C=O) groups is 1. The van der Waals surface area contributed by atoms with Crippen molar-refractivity contribution >= 4 is 28.3 Å². The van der Waals surface area contributed by atoms with E-state index in [1.807, 2.05) is 6.92 Å². The molecule has 1 N–H and O–H groups in total. The Bertz CT molecular complexity index is 822. The summed E-state index contributed by atoms with van der Waals surface area (Å²) in [5, 5.41) is 0.802. The molecule has 0 amide bonds. The van der Waals surface area contributed by atoms with Crippen LogP contribution in [0.4, 0.5) is 4.39 Å². The van der Waals surface area contributed by atoms with E-state index < -0.39 is 5.82 Å². The number of halogens is 2. The van der Waals surface area contributed by atoms with Crippen LogP contribution in [0.1, 0.15) is 21.5 Å². The van der Waals surface area contributed by atoms with Crippen molar-refractivity contribution in [2.24, 2.45) is 0 Å². The summed E-state index contributed by atoms with van der Waals surface area (Å²) in [4.78, 5) is 15.5. The minimum Gasteiger partial charge on any atom is -0.360 e. The molecule has 0 aliphatic heterocycles. The number of H-pyrrole nitrogens is 1. The summed E-state index contributed by atoms with van der Waals surface area (Å²) in [7, 11) is 0. The van der Waals surface area contributed by atoms with Gasteiger partial charge < -0.3 is 4.98 Å². The van der Waals surface area contributed by atoms with Crippen molar-refractivity contribution in [1.29, 1.82) is 0 Å². The average Bonchev–Trinajstić information content (AvgIpc) is 2.86. The maximum absolute atomic E-state index is 13.9. The van der Waals surface area contributed by atoms with Crippen molar-refractivity contribution in [2.45, 2.75) is 6.92 Å². The van der Waals surface area contributed by atoms with Gasteiger partial charge in [0, 0.05) is 27.7 Å². The van der Waals surface area contributed by atoms with Crippen molar-refractivity contribution in [1.82, 2.24) is 4.98 Å². The van der Waals surface area contributed by atoms with Crippen molar-refractivity contribution < 1.29 is 9.18 Å². The molecule has 0 bridgehead atoms. The van der Waals surface area contributed by atoms with Crippen LogP contribution in [0.2, 0.25) is 5.02 Å². The van der Waals surface area contributed by atoms with Gasteiger partial charge in [-0.2, -0.15) is 0 Å². The highest BCUT2D eigenvalue weighted by molar-refractivity contribution is 6.31. The molecule has 0 saturated carbocycles. The normalized spacial score (nSPS) is 10.9. The summed E-state index contributed by atoms with van der Waals surface area (Å²) >= 11 is 5.94. The topological polar surface area (TPSA) is 32.9 Å². The SMILES string of the molecule is Cc1ccc(Cl)cc1C(=O)c1c[nH]c2cccc(F)c12. The second kappa shape index (κ2) is 4.76. The van der Waals surface area contributed by atoms with Gasteiger partial charge in [0.05, 0.1) is 5.56 Å². The minimum absolute atomic E-state index is 0.235. The van der Waals surface area contributed by atoms with E-state index in [4.69, 9.17) is 11.6 Å². The van der Waals surface area contributed by atoms with Gasteiger partial charge in [0.2, 0.25) is 0 Å². The first-order valence-corrected chi connectivity index (χ1v) is 6.52. The molecule has 0 fully saturated rings. The lowest BCUT2D eigenvalue weighted by Gasteiger charge is -2.05. The Morgan fingerprint density at radius 3 is 2.80 bits per heavy atom. The summed E-state index contributed by atoms with van der Waals surface area (Å²) in [6.07, 6.45) is 1.54. The molecule has 3 rings (SSSR count). The zero-order valence-electron chi connectivity index (χ0n) is 10.7. The standard InChI is InChI=1S/C16H11ClFNO/c1-9-5-6-10(17)7-11(9)16(20)12-8-19-14-4-2-3-13(18)15(12)14/h2-8,19H,1H3. The lowest BCUT2D eigenvalue weighted by atomic mass is 9.98. The molecule has 20 heavy (non-hydrogen) atoms. The fraction of sp³-hybridized carbons (Fsp3) is 0.0625. The molecular weight excluding hydrogens is 277 g/mol. The van der Waals surface area contributed by atoms with Gasteiger partial charge in [-0.1, -0.05) is 23.7 Å². The zero-order chi connectivity index (χ0) is 14.3. The summed E-state index contributed by atoms with van der Waals surface area (Å²) in [5.41, 5.74) is 2.23. The highest BCUT2D eigenvalue weighted by Crippen LogP contribution is 2.26. The number of benzene rings is 2. The number of hydrogen-bond acceptors (Lipinski definition) is 1. The monoisotopic (exact) mass is 287 g/mol. The number of aryl methyl sites for hydroxylation is 1. The van der Waals surface area contributed by atoms with E-state index in [2.05, 4.69) is 4.98 Å². The molecule has 0 atom stereocenters. The summed E-state index contributed by atoms with van der Waals surface area (Å²) < 4.78 is 13.9. The Labute approximate surface area is 120 Å². The largest absolute Gasteiger partial charge is 0.360 e. The maximum Gasteiger partial charge on any atom is 0.195 e. The van der Waals surface area contributed by atoms with Gasteiger partial charge in [0.15, 0.2) is 5.78 Å². The van der Waals surface area contributed by atoms with Crippen LogP contribution >= 0.6 is 11.6 Å². The van der Waals surface area contributed by atoms with E-state index in [9.17, 15) is 9.18 Å². The molecule has 2 aromatic carbocycles. The van der Waals surface area contributed by atoms with E-state index in [0.717, 1.165) is 5.56 Å². The number of aromatic nitrogens is 1. The third-order valence-electron chi connectivity index (χ3n) is 3.34. The third kappa shape index (κ3) is 2.00. The second-order valence-corrected chi connectivity index (χ2v) is 5.09. The molecule has 1 aromatic heterocycles. The molecule has 0 saturated heterocycles.